The quantitative estimate of drug-likeness (QED) is 0.798. The molecule has 0 spiro atoms. The smallest absolute Gasteiger partial charge is 0.341 e. The van der Waals surface area contributed by atoms with Gasteiger partial charge in [0.1, 0.15) is 12.4 Å². The van der Waals surface area contributed by atoms with Crippen molar-refractivity contribution in [3.63, 3.8) is 0 Å². The van der Waals surface area contributed by atoms with Gasteiger partial charge >= 0.3 is 5.97 Å². The van der Waals surface area contributed by atoms with E-state index in [1.165, 1.54) is 12.1 Å². The van der Waals surface area contributed by atoms with E-state index in [9.17, 15) is 9.59 Å². The average Bonchev–Trinajstić information content (AvgIpc) is 2.35. The van der Waals surface area contributed by atoms with E-state index in [2.05, 4.69) is 5.32 Å². The standard InChI is InChI=1S/C12H14ClNO5/c1-2-18-6-11(15)14-8-3-4-10(9(13)5-8)19-7-12(16)17/h3-5H,2,6-7H2,1H3,(H,14,15)(H,16,17). The maximum absolute atomic E-state index is 11.4. The number of aliphatic carboxylic acids is 1. The number of rotatable bonds is 7. The van der Waals surface area contributed by atoms with Crippen LogP contribution in [0, 0.1) is 0 Å². The normalized spacial score (nSPS) is 10.0. The number of ether oxygens (including phenoxy) is 2. The Hall–Kier alpha value is -1.79. The number of benzene rings is 1. The minimum Gasteiger partial charge on any atom is -0.480 e. The van der Waals surface area contributed by atoms with Gasteiger partial charge in [0.2, 0.25) is 5.91 Å². The Morgan fingerprint density at radius 3 is 2.68 bits per heavy atom. The van der Waals surface area contributed by atoms with Crippen molar-refractivity contribution in [3.8, 4) is 5.75 Å². The summed E-state index contributed by atoms with van der Waals surface area (Å²) in [4.78, 5) is 21.8. The molecule has 0 bridgehead atoms. The molecule has 1 rings (SSSR count). The second kappa shape index (κ2) is 7.60. The fourth-order valence-corrected chi connectivity index (χ4v) is 1.46. The summed E-state index contributed by atoms with van der Waals surface area (Å²) < 4.78 is 9.91. The summed E-state index contributed by atoms with van der Waals surface area (Å²) in [5, 5.41) is 11.3. The number of halogens is 1. The third-order valence-corrected chi connectivity index (χ3v) is 2.30. The molecule has 0 unspecified atom stereocenters. The van der Waals surface area contributed by atoms with Crippen LogP contribution in [-0.4, -0.2) is 36.8 Å². The van der Waals surface area contributed by atoms with Crippen molar-refractivity contribution in [2.75, 3.05) is 25.1 Å². The molecule has 104 valence electrons. The first-order valence-corrected chi connectivity index (χ1v) is 5.92. The Kier molecular flexibility index (Phi) is 6.11. The molecule has 19 heavy (non-hydrogen) atoms. The van der Waals surface area contributed by atoms with Gasteiger partial charge in [0.05, 0.1) is 5.02 Å². The van der Waals surface area contributed by atoms with Gasteiger partial charge in [-0.3, -0.25) is 4.79 Å². The summed E-state index contributed by atoms with van der Waals surface area (Å²) in [6.07, 6.45) is 0. The van der Waals surface area contributed by atoms with Crippen LogP contribution in [0.2, 0.25) is 5.02 Å². The Morgan fingerprint density at radius 2 is 2.11 bits per heavy atom. The zero-order valence-electron chi connectivity index (χ0n) is 10.3. The second-order valence-corrected chi connectivity index (χ2v) is 3.92. The van der Waals surface area contributed by atoms with Crippen LogP contribution in [0.25, 0.3) is 0 Å². The number of carbonyl (C=O) groups excluding carboxylic acids is 1. The van der Waals surface area contributed by atoms with Gasteiger partial charge in [-0.1, -0.05) is 11.6 Å². The van der Waals surface area contributed by atoms with Crippen molar-refractivity contribution in [1.82, 2.24) is 0 Å². The number of carboxylic acid groups (broad SMARTS) is 1. The molecule has 1 aromatic carbocycles. The average molecular weight is 288 g/mol. The van der Waals surface area contributed by atoms with Gasteiger partial charge in [-0.2, -0.15) is 0 Å². The summed E-state index contributed by atoms with van der Waals surface area (Å²) in [5.41, 5.74) is 0.484. The Balaban J connectivity index is 2.60. The molecule has 0 atom stereocenters. The zero-order chi connectivity index (χ0) is 14.3. The van der Waals surface area contributed by atoms with Crippen LogP contribution in [-0.2, 0) is 14.3 Å². The second-order valence-electron chi connectivity index (χ2n) is 3.51. The molecule has 7 heteroatoms. The van der Waals surface area contributed by atoms with E-state index < -0.39 is 12.6 Å². The maximum Gasteiger partial charge on any atom is 0.341 e. The third-order valence-electron chi connectivity index (χ3n) is 2.00. The molecule has 0 saturated heterocycles. The first-order valence-electron chi connectivity index (χ1n) is 5.54. The summed E-state index contributed by atoms with van der Waals surface area (Å²) in [6, 6.07) is 4.52. The van der Waals surface area contributed by atoms with E-state index >= 15 is 0 Å². The summed E-state index contributed by atoms with van der Waals surface area (Å²) >= 11 is 5.90. The number of carboxylic acids is 1. The van der Waals surface area contributed by atoms with Gasteiger partial charge in [0.25, 0.3) is 0 Å². The molecule has 0 aliphatic rings. The molecule has 0 aromatic heterocycles. The molecule has 6 nitrogen and oxygen atoms in total. The minimum absolute atomic E-state index is 0.0363. The van der Waals surface area contributed by atoms with Gasteiger partial charge < -0.3 is 19.9 Å². The molecule has 2 N–H and O–H groups in total. The summed E-state index contributed by atoms with van der Waals surface area (Å²) in [6.45, 7) is 1.73. The monoisotopic (exact) mass is 287 g/mol. The van der Waals surface area contributed by atoms with Gasteiger partial charge in [-0.25, -0.2) is 4.79 Å². The number of amides is 1. The Morgan fingerprint density at radius 1 is 1.37 bits per heavy atom. The number of hydrogen-bond acceptors (Lipinski definition) is 4. The van der Waals surface area contributed by atoms with E-state index in [0.29, 0.717) is 12.3 Å². The fraction of sp³-hybridized carbons (Fsp3) is 0.333. The number of carbonyl (C=O) groups is 2. The van der Waals surface area contributed by atoms with Crippen molar-refractivity contribution >= 4 is 29.2 Å². The van der Waals surface area contributed by atoms with E-state index in [4.69, 9.17) is 26.2 Å². The minimum atomic E-state index is -1.09. The van der Waals surface area contributed by atoms with Crippen LogP contribution in [0.3, 0.4) is 0 Å². The van der Waals surface area contributed by atoms with Gasteiger partial charge in [0.15, 0.2) is 6.61 Å². The SMILES string of the molecule is CCOCC(=O)Nc1ccc(OCC(=O)O)c(Cl)c1. The molecule has 1 aromatic rings. The molecule has 0 fully saturated rings. The van der Waals surface area contributed by atoms with Gasteiger partial charge in [-0.15, -0.1) is 0 Å². The number of anilines is 1. The highest BCUT2D eigenvalue weighted by atomic mass is 35.5. The predicted octanol–water partition coefficient (Wildman–Crippen LogP) is 1.78. The van der Waals surface area contributed by atoms with Crippen LogP contribution < -0.4 is 10.1 Å². The van der Waals surface area contributed by atoms with Crippen LogP contribution in [0.1, 0.15) is 6.92 Å². The maximum atomic E-state index is 11.4. The molecule has 0 radical (unpaired) electrons. The summed E-state index contributed by atoms with van der Waals surface area (Å²) in [7, 11) is 0. The highest BCUT2D eigenvalue weighted by Gasteiger charge is 2.07. The molecule has 0 heterocycles. The van der Waals surface area contributed by atoms with Gasteiger partial charge in [0, 0.05) is 12.3 Å². The van der Waals surface area contributed by atoms with E-state index in [1.54, 1.807) is 13.0 Å². The van der Waals surface area contributed by atoms with Crippen LogP contribution in [0.15, 0.2) is 18.2 Å². The summed E-state index contributed by atoms with van der Waals surface area (Å²) in [5.74, 6) is -1.14. The van der Waals surface area contributed by atoms with Crippen molar-refractivity contribution in [1.29, 1.82) is 0 Å². The van der Waals surface area contributed by atoms with Crippen LogP contribution in [0.5, 0.6) is 5.75 Å². The van der Waals surface area contributed by atoms with Crippen LogP contribution >= 0.6 is 11.6 Å². The fourth-order valence-electron chi connectivity index (χ4n) is 1.23. The lowest BCUT2D eigenvalue weighted by molar-refractivity contribution is -0.139. The van der Waals surface area contributed by atoms with Crippen molar-refractivity contribution in [2.24, 2.45) is 0 Å². The molecule has 0 aliphatic carbocycles. The molecule has 0 aliphatic heterocycles. The predicted molar refractivity (Wildman–Crippen MR) is 69.7 cm³/mol. The highest BCUT2D eigenvalue weighted by Crippen LogP contribution is 2.27. The largest absolute Gasteiger partial charge is 0.480 e. The number of nitrogens with one attached hydrogen (secondary N) is 1. The van der Waals surface area contributed by atoms with E-state index in [-0.39, 0.29) is 23.3 Å². The number of hydrogen-bond donors (Lipinski definition) is 2. The molecular formula is C12H14ClNO5. The van der Waals surface area contributed by atoms with Crippen molar-refractivity contribution < 1.29 is 24.2 Å². The Bertz CT molecular complexity index is 463. The van der Waals surface area contributed by atoms with Gasteiger partial charge in [-0.05, 0) is 25.1 Å². The first-order chi connectivity index (χ1) is 9.02. The topological polar surface area (TPSA) is 84.9 Å². The van der Waals surface area contributed by atoms with Crippen LogP contribution in [0.4, 0.5) is 5.69 Å². The van der Waals surface area contributed by atoms with E-state index in [1.807, 2.05) is 0 Å². The lowest BCUT2D eigenvalue weighted by Crippen LogP contribution is -2.18. The molecular weight excluding hydrogens is 274 g/mol. The lowest BCUT2D eigenvalue weighted by Gasteiger charge is -2.09. The third kappa shape index (κ3) is 5.58. The van der Waals surface area contributed by atoms with Crippen molar-refractivity contribution in [3.05, 3.63) is 23.2 Å². The lowest BCUT2D eigenvalue weighted by atomic mass is 10.3. The zero-order valence-corrected chi connectivity index (χ0v) is 11.1. The Labute approximate surface area is 115 Å². The molecule has 0 saturated carbocycles. The highest BCUT2D eigenvalue weighted by molar-refractivity contribution is 6.32. The van der Waals surface area contributed by atoms with Crippen molar-refractivity contribution in [2.45, 2.75) is 6.92 Å². The molecule has 1 amide bonds. The first kappa shape index (κ1) is 15.3. The van der Waals surface area contributed by atoms with E-state index in [0.717, 1.165) is 0 Å².